The van der Waals surface area contributed by atoms with Gasteiger partial charge in [-0.2, -0.15) is 0 Å². The van der Waals surface area contributed by atoms with Gasteiger partial charge in [-0.25, -0.2) is 4.99 Å². The minimum Gasteiger partial charge on any atom is -0.497 e. The van der Waals surface area contributed by atoms with Crippen LogP contribution in [0.4, 0.5) is 5.69 Å². The van der Waals surface area contributed by atoms with E-state index < -0.39 is 0 Å². The number of aryl methyl sites for hydroxylation is 2. The molecule has 6 heteroatoms. The lowest BCUT2D eigenvalue weighted by molar-refractivity contribution is 0.293. The molecule has 0 N–H and O–H groups in total. The average molecular weight is 454 g/mol. The van der Waals surface area contributed by atoms with Gasteiger partial charge in [0, 0.05) is 17.5 Å². The molecule has 0 aliphatic heterocycles. The summed E-state index contributed by atoms with van der Waals surface area (Å²) in [5, 5.41) is 2.18. The number of rotatable bonds is 10. The Bertz CT molecular complexity index is 1100. The van der Waals surface area contributed by atoms with Crippen molar-refractivity contribution in [1.82, 2.24) is 9.47 Å². The highest BCUT2D eigenvalue weighted by Crippen LogP contribution is 2.34. The summed E-state index contributed by atoms with van der Waals surface area (Å²) in [6.45, 7) is 12.7. The van der Waals surface area contributed by atoms with Crippen LogP contribution in [0.1, 0.15) is 31.4 Å². The SMILES string of the molecule is CCN(CC)CCCn1c(-c2cc(OC)ccc2OC)csc1=Nc1cc(C)ccc1C. The Hall–Kier alpha value is -2.57. The molecule has 3 aromatic rings. The van der Waals surface area contributed by atoms with E-state index in [1.807, 2.05) is 18.2 Å². The molecule has 2 aromatic carbocycles. The lowest BCUT2D eigenvalue weighted by Gasteiger charge is -2.19. The van der Waals surface area contributed by atoms with Crippen LogP contribution in [0.5, 0.6) is 11.5 Å². The Morgan fingerprint density at radius 1 is 1.00 bits per heavy atom. The maximum atomic E-state index is 5.69. The molecule has 0 radical (unpaired) electrons. The molecule has 0 aliphatic carbocycles. The third-order valence-electron chi connectivity index (χ3n) is 5.81. The maximum Gasteiger partial charge on any atom is 0.190 e. The van der Waals surface area contributed by atoms with Gasteiger partial charge in [-0.05, 0) is 75.3 Å². The summed E-state index contributed by atoms with van der Waals surface area (Å²) >= 11 is 1.67. The van der Waals surface area contributed by atoms with Crippen molar-refractivity contribution >= 4 is 17.0 Å². The number of benzene rings is 2. The molecule has 0 saturated heterocycles. The van der Waals surface area contributed by atoms with E-state index in [0.717, 1.165) is 65.8 Å². The average Bonchev–Trinajstić information content (AvgIpc) is 3.20. The molecule has 0 amide bonds. The molecular weight excluding hydrogens is 418 g/mol. The summed E-state index contributed by atoms with van der Waals surface area (Å²) in [6, 6.07) is 12.4. The van der Waals surface area contributed by atoms with Crippen LogP contribution in [0.25, 0.3) is 11.3 Å². The van der Waals surface area contributed by atoms with Crippen molar-refractivity contribution in [1.29, 1.82) is 0 Å². The highest BCUT2D eigenvalue weighted by Gasteiger charge is 2.15. The van der Waals surface area contributed by atoms with Gasteiger partial charge >= 0.3 is 0 Å². The molecule has 0 fully saturated rings. The highest BCUT2D eigenvalue weighted by atomic mass is 32.1. The topological polar surface area (TPSA) is 39.0 Å². The fraction of sp³-hybridized carbons (Fsp3) is 0.423. The van der Waals surface area contributed by atoms with Crippen LogP contribution in [0.2, 0.25) is 0 Å². The van der Waals surface area contributed by atoms with Crippen molar-refractivity contribution in [2.24, 2.45) is 4.99 Å². The molecule has 1 heterocycles. The number of nitrogens with zero attached hydrogens (tertiary/aromatic N) is 3. The molecule has 0 unspecified atom stereocenters. The second-order valence-corrected chi connectivity index (χ2v) is 8.74. The largest absolute Gasteiger partial charge is 0.497 e. The summed E-state index contributed by atoms with van der Waals surface area (Å²) < 4.78 is 13.5. The van der Waals surface area contributed by atoms with Crippen molar-refractivity contribution in [3.63, 3.8) is 0 Å². The molecule has 32 heavy (non-hydrogen) atoms. The van der Waals surface area contributed by atoms with Crippen molar-refractivity contribution in [2.75, 3.05) is 33.9 Å². The number of hydrogen-bond donors (Lipinski definition) is 0. The monoisotopic (exact) mass is 453 g/mol. The van der Waals surface area contributed by atoms with E-state index in [0.29, 0.717) is 0 Å². The number of aromatic nitrogens is 1. The van der Waals surface area contributed by atoms with Gasteiger partial charge in [0.2, 0.25) is 0 Å². The Morgan fingerprint density at radius 3 is 2.47 bits per heavy atom. The molecule has 0 bridgehead atoms. The molecule has 0 aliphatic rings. The van der Waals surface area contributed by atoms with Crippen molar-refractivity contribution in [3.8, 4) is 22.8 Å². The molecule has 172 valence electrons. The van der Waals surface area contributed by atoms with Gasteiger partial charge in [0.1, 0.15) is 11.5 Å². The lowest BCUT2D eigenvalue weighted by Crippen LogP contribution is -2.26. The van der Waals surface area contributed by atoms with Crippen LogP contribution in [-0.4, -0.2) is 43.3 Å². The van der Waals surface area contributed by atoms with E-state index in [4.69, 9.17) is 14.5 Å². The van der Waals surface area contributed by atoms with Crippen LogP contribution in [0.15, 0.2) is 46.8 Å². The molecule has 0 saturated carbocycles. The van der Waals surface area contributed by atoms with Gasteiger partial charge in [-0.1, -0.05) is 26.0 Å². The van der Waals surface area contributed by atoms with Gasteiger partial charge in [-0.15, -0.1) is 11.3 Å². The summed E-state index contributed by atoms with van der Waals surface area (Å²) in [6.07, 6.45) is 1.05. The second kappa shape index (κ2) is 11.3. The summed E-state index contributed by atoms with van der Waals surface area (Å²) in [5.41, 5.74) is 5.55. The van der Waals surface area contributed by atoms with Crippen molar-refractivity contribution in [2.45, 2.75) is 40.7 Å². The van der Waals surface area contributed by atoms with Gasteiger partial charge in [0.25, 0.3) is 0 Å². The molecule has 0 atom stereocenters. The van der Waals surface area contributed by atoms with E-state index in [9.17, 15) is 0 Å². The molecule has 1 aromatic heterocycles. The first-order chi connectivity index (χ1) is 15.5. The Kier molecular flexibility index (Phi) is 8.53. The third-order valence-corrected chi connectivity index (χ3v) is 6.68. The van der Waals surface area contributed by atoms with Gasteiger partial charge in [0.15, 0.2) is 4.80 Å². The Balaban J connectivity index is 2.10. The quantitative estimate of drug-likeness (QED) is 0.389. The summed E-state index contributed by atoms with van der Waals surface area (Å²) in [4.78, 5) is 8.54. The van der Waals surface area contributed by atoms with Crippen LogP contribution >= 0.6 is 11.3 Å². The number of methoxy groups -OCH3 is 2. The van der Waals surface area contributed by atoms with E-state index in [1.165, 1.54) is 11.1 Å². The fourth-order valence-corrected chi connectivity index (χ4v) is 4.74. The summed E-state index contributed by atoms with van der Waals surface area (Å²) in [7, 11) is 3.41. The van der Waals surface area contributed by atoms with Crippen LogP contribution in [-0.2, 0) is 6.54 Å². The van der Waals surface area contributed by atoms with E-state index >= 15 is 0 Å². The summed E-state index contributed by atoms with van der Waals surface area (Å²) in [5.74, 6) is 1.65. The molecule has 3 rings (SSSR count). The number of ether oxygens (including phenoxy) is 2. The first-order valence-electron chi connectivity index (χ1n) is 11.3. The zero-order chi connectivity index (χ0) is 23.1. The molecule has 5 nitrogen and oxygen atoms in total. The predicted octanol–water partition coefficient (Wildman–Crippen LogP) is 5.81. The second-order valence-electron chi connectivity index (χ2n) is 7.90. The van der Waals surface area contributed by atoms with Crippen molar-refractivity contribution < 1.29 is 9.47 Å². The first kappa shape index (κ1) is 24.1. The van der Waals surface area contributed by atoms with E-state index in [2.05, 4.69) is 60.7 Å². The van der Waals surface area contributed by atoms with Crippen LogP contribution < -0.4 is 14.3 Å². The zero-order valence-electron chi connectivity index (χ0n) is 20.1. The Labute approximate surface area is 196 Å². The van der Waals surface area contributed by atoms with E-state index in [1.54, 1.807) is 25.6 Å². The first-order valence-corrected chi connectivity index (χ1v) is 12.1. The van der Waals surface area contributed by atoms with Crippen LogP contribution in [0, 0.1) is 13.8 Å². The molecular formula is C26H35N3O2S. The van der Waals surface area contributed by atoms with Gasteiger partial charge < -0.3 is 18.9 Å². The maximum absolute atomic E-state index is 5.69. The minimum atomic E-state index is 0.815. The predicted molar refractivity (Wildman–Crippen MR) is 134 cm³/mol. The van der Waals surface area contributed by atoms with E-state index in [-0.39, 0.29) is 0 Å². The Morgan fingerprint density at radius 2 is 1.78 bits per heavy atom. The number of hydrogen-bond acceptors (Lipinski definition) is 5. The van der Waals surface area contributed by atoms with Gasteiger partial charge in [0.05, 0.1) is 25.6 Å². The molecule has 0 spiro atoms. The lowest BCUT2D eigenvalue weighted by atomic mass is 10.1. The van der Waals surface area contributed by atoms with Crippen molar-refractivity contribution in [3.05, 3.63) is 57.7 Å². The number of thiazole rings is 1. The smallest absolute Gasteiger partial charge is 0.190 e. The standard InChI is InChI=1S/C26H35N3O2S/c1-7-28(8-2)14-9-15-29-24(22-17-21(30-5)12-13-25(22)31-6)18-32-26(29)27-23-16-19(3)10-11-20(23)4/h10-13,16-18H,7-9,14-15H2,1-6H3. The zero-order valence-corrected chi connectivity index (χ0v) is 21.0. The van der Waals surface area contributed by atoms with Gasteiger partial charge in [-0.3, -0.25) is 0 Å². The van der Waals surface area contributed by atoms with Crippen LogP contribution in [0.3, 0.4) is 0 Å². The third kappa shape index (κ3) is 5.61. The minimum absolute atomic E-state index is 0.815. The highest BCUT2D eigenvalue weighted by molar-refractivity contribution is 7.07. The normalized spacial score (nSPS) is 11.9. The fourth-order valence-electron chi connectivity index (χ4n) is 3.80.